The molecule has 23 nitrogen and oxygen atoms in total. The summed E-state index contributed by atoms with van der Waals surface area (Å²) in [4.78, 5) is 42.4. The monoisotopic (exact) mass is 1220 g/mol. The quantitative estimate of drug-likeness (QED) is 0.0616. The van der Waals surface area contributed by atoms with Gasteiger partial charge in [-0.3, -0.25) is 9.59 Å². The number of carbonyl (C=O) groups excluding carboxylic acids is 2. The third-order valence-electron chi connectivity index (χ3n) is 15.9. The number of aromatic nitrogens is 5. The number of fused-ring (bicyclic) bond motifs is 5. The van der Waals surface area contributed by atoms with Gasteiger partial charge in [-0.2, -0.15) is 4.68 Å². The van der Waals surface area contributed by atoms with Crippen LogP contribution in [0.1, 0.15) is 80.4 Å². The summed E-state index contributed by atoms with van der Waals surface area (Å²) in [6, 6.07) is 40.5. The number of phenolic OH excluding ortho intramolecular Hbond substituents is 1. The lowest BCUT2D eigenvalue weighted by Crippen LogP contribution is -2.62. The first-order chi connectivity index (χ1) is 42.6. The lowest BCUT2D eigenvalue weighted by Gasteiger charge is -2.48. The molecule has 5 aliphatic rings. The third-order valence-corrected chi connectivity index (χ3v) is 16.8. The van der Waals surface area contributed by atoms with Gasteiger partial charge >= 0.3 is 11.7 Å². The van der Waals surface area contributed by atoms with Gasteiger partial charge in [0.1, 0.15) is 43.1 Å². The number of benzene rings is 5. The number of methoxy groups -OCH3 is 2. The molecular formula is C64H67N7O16S. The molecule has 13 rings (SSSR count). The van der Waals surface area contributed by atoms with E-state index in [0.717, 1.165) is 32.7 Å². The van der Waals surface area contributed by atoms with E-state index in [1.54, 1.807) is 18.2 Å². The van der Waals surface area contributed by atoms with Gasteiger partial charge in [-0.1, -0.05) is 91.0 Å². The Labute approximate surface area is 509 Å². The number of hydrogen-bond donors (Lipinski definition) is 4. The van der Waals surface area contributed by atoms with Gasteiger partial charge in [0, 0.05) is 25.4 Å². The Morgan fingerprint density at radius 3 is 2.12 bits per heavy atom. The van der Waals surface area contributed by atoms with Crippen LogP contribution in [0.5, 0.6) is 34.5 Å². The number of nitrogens with zero attached hydrogens (tertiary/aromatic N) is 6. The Morgan fingerprint density at radius 2 is 1.49 bits per heavy atom. The minimum absolute atomic E-state index is 0.0242. The van der Waals surface area contributed by atoms with Gasteiger partial charge in [-0.05, 0) is 113 Å². The summed E-state index contributed by atoms with van der Waals surface area (Å²) in [5, 5.41) is 42.1. The predicted molar refractivity (Wildman–Crippen MR) is 320 cm³/mol. The van der Waals surface area contributed by atoms with Gasteiger partial charge in [0.25, 0.3) is 5.91 Å². The number of rotatable bonds is 15. The molecule has 3 saturated heterocycles. The summed E-state index contributed by atoms with van der Waals surface area (Å²) < 4.78 is 60.6. The summed E-state index contributed by atoms with van der Waals surface area (Å²) in [7, 11) is 8.42. The minimum Gasteiger partial charge on any atom is -0.502 e. The summed E-state index contributed by atoms with van der Waals surface area (Å²) in [5.41, 5.74) is 13.0. The number of primary amides is 1. The van der Waals surface area contributed by atoms with Crippen molar-refractivity contribution in [1.82, 2.24) is 29.3 Å². The Balaban J connectivity index is 0.000000160. The fourth-order valence-electron chi connectivity index (χ4n) is 11.6. The number of likely N-dealkylation sites (N-methyl/N-ethyl adjacent to an activating group) is 1. The van der Waals surface area contributed by atoms with E-state index in [2.05, 4.69) is 126 Å². The van der Waals surface area contributed by atoms with Crippen LogP contribution < -0.4 is 35.1 Å². The van der Waals surface area contributed by atoms with Crippen molar-refractivity contribution in [1.29, 1.82) is 0 Å². The van der Waals surface area contributed by atoms with Gasteiger partial charge in [0.05, 0.1) is 44.3 Å². The summed E-state index contributed by atoms with van der Waals surface area (Å²) in [5.74, 6) is -0.913. The van der Waals surface area contributed by atoms with Crippen molar-refractivity contribution in [3.8, 4) is 34.5 Å². The normalized spacial score (nSPS) is 23.4. The maximum absolute atomic E-state index is 13.5. The molecule has 0 saturated carbocycles. The molecule has 0 bridgehead atoms. The molecule has 460 valence electrons. The van der Waals surface area contributed by atoms with Crippen LogP contribution in [0.2, 0.25) is 0 Å². The SMILES string of the molecule is CC/C(=C(\c1ccccc1)c1ccc(OCCN(C)C)cc1)c1ccccc1.COc1cc([C@@H]2c3cc4c(cc3[C@@H](O[C@@H]3O[C@@H]5COC(c6cccs6)O[C@H]5[C@H](O)[C@H]3O)[C@H]3COC(=O)[C@H]23)OCO4)cc(OC)c1O.Cn1nnc2c(C(N)=O)ncn2c1=O. The molecule has 5 N–H and O–H groups in total. The molecule has 1 unspecified atom stereocenters. The number of aryl methyl sites for hydroxylation is 1. The van der Waals surface area contributed by atoms with E-state index >= 15 is 0 Å². The second kappa shape index (κ2) is 26.7. The number of hydrogen-bond acceptors (Lipinski definition) is 21. The molecule has 88 heavy (non-hydrogen) atoms. The van der Waals surface area contributed by atoms with Crippen LogP contribution in [-0.2, 0) is 35.5 Å². The number of aromatic hydroxyl groups is 1. The minimum atomic E-state index is -1.47. The Bertz CT molecular complexity index is 3820. The van der Waals surface area contributed by atoms with Gasteiger partial charge < -0.3 is 73.3 Å². The topological polar surface area (TPSA) is 281 Å². The lowest BCUT2D eigenvalue weighted by atomic mass is 9.66. The smallest absolute Gasteiger partial charge is 0.352 e. The zero-order valence-corrected chi connectivity index (χ0v) is 49.9. The number of thiophene rings is 1. The van der Waals surface area contributed by atoms with Crippen molar-refractivity contribution in [2.75, 3.05) is 61.5 Å². The average Bonchev–Trinajstić information content (AvgIpc) is 1.46. The molecule has 0 spiro atoms. The van der Waals surface area contributed by atoms with Crippen LogP contribution in [0.15, 0.2) is 138 Å². The highest BCUT2D eigenvalue weighted by Gasteiger charge is 2.56. The Hall–Kier alpha value is -8.72. The average molecular weight is 1220 g/mol. The number of carbonyl (C=O) groups is 2. The maximum Gasteiger partial charge on any atom is 0.352 e. The van der Waals surface area contributed by atoms with Crippen LogP contribution in [0.25, 0.3) is 16.8 Å². The zero-order chi connectivity index (χ0) is 61.8. The standard InChI is InChI=1S/C32H32O13S.C26H29NO.C6H6N6O2/c1-37-19-6-13(7-20(38-2)25(19)33)23-14-8-17-18(42-12-41-17)9-15(14)28(16-10-39-30(36)24(16)23)44-32-27(35)26(34)29-21(43-32)11-40-31(45-29)22-4-3-5-46-22;1-4-25(21-11-7-5-8-12-21)26(22-13-9-6-10-14-22)23-15-17-24(18-16-23)28-20-19-27(2)3;1-11-6(14)12-2-8-3(4(7)13)5(12)9-10-11/h3-9,16,21,23-24,26-29,31-35H,10-12H2,1-2H3;5-18H,4,19-20H2,1-3H3;2H,1H3,(H2,7,13)/b;26-25-;/t16-,21+,23+,24-,26+,27+,28+,29+,31?,32-;;/m0../s1. The molecule has 8 aromatic rings. The highest BCUT2D eigenvalue weighted by molar-refractivity contribution is 7.10. The zero-order valence-electron chi connectivity index (χ0n) is 49.0. The largest absolute Gasteiger partial charge is 0.502 e. The highest BCUT2D eigenvalue weighted by Crippen LogP contribution is 2.57. The van der Waals surface area contributed by atoms with Crippen molar-refractivity contribution in [2.24, 2.45) is 24.6 Å². The first kappa shape index (κ1) is 60.9. The first-order valence-corrected chi connectivity index (χ1v) is 29.3. The number of allylic oxidation sites excluding steroid dienone is 1. The summed E-state index contributed by atoms with van der Waals surface area (Å²) in [6.45, 7) is 4.00. The fraction of sp³-hybridized carbons (Fsp3) is 0.344. The molecule has 0 radical (unpaired) electrons. The van der Waals surface area contributed by atoms with Gasteiger partial charge in [0.15, 0.2) is 46.9 Å². The molecule has 4 aliphatic heterocycles. The van der Waals surface area contributed by atoms with E-state index in [4.69, 9.17) is 53.1 Å². The van der Waals surface area contributed by atoms with E-state index in [1.807, 2.05) is 23.6 Å². The third kappa shape index (κ3) is 12.4. The number of imidazole rings is 1. The van der Waals surface area contributed by atoms with Crippen LogP contribution >= 0.6 is 11.3 Å². The number of aliphatic hydroxyl groups excluding tert-OH is 2. The summed E-state index contributed by atoms with van der Waals surface area (Å²) in [6.07, 6.45) is -5.01. The number of amides is 1. The fourth-order valence-corrected chi connectivity index (χ4v) is 12.3. The van der Waals surface area contributed by atoms with Crippen molar-refractivity contribution in [3.63, 3.8) is 0 Å². The van der Waals surface area contributed by atoms with Crippen molar-refractivity contribution < 1.29 is 72.3 Å². The van der Waals surface area contributed by atoms with Gasteiger partial charge in [-0.15, -0.1) is 16.4 Å². The number of cyclic esters (lactones) is 1. The van der Waals surface area contributed by atoms with Crippen LogP contribution in [0.4, 0.5) is 0 Å². The van der Waals surface area contributed by atoms with Crippen molar-refractivity contribution >= 4 is 40.0 Å². The number of ether oxygens (including phenoxy) is 10. The van der Waals surface area contributed by atoms with Crippen molar-refractivity contribution in [2.45, 2.75) is 62.4 Å². The molecule has 10 atom stereocenters. The lowest BCUT2D eigenvalue weighted by molar-refractivity contribution is -0.368. The summed E-state index contributed by atoms with van der Waals surface area (Å²) >= 11 is 1.46. The maximum atomic E-state index is 13.5. The highest BCUT2D eigenvalue weighted by atomic mass is 32.1. The first-order valence-electron chi connectivity index (χ1n) is 28.5. The second-order valence-electron chi connectivity index (χ2n) is 21.5. The van der Waals surface area contributed by atoms with E-state index in [1.165, 1.54) is 66.8 Å². The molecule has 24 heteroatoms. The van der Waals surface area contributed by atoms with Gasteiger partial charge in [0.2, 0.25) is 12.5 Å². The Kier molecular flexibility index (Phi) is 18.5. The Morgan fingerprint density at radius 1 is 0.818 bits per heavy atom. The number of phenols is 1. The molecule has 5 aromatic carbocycles. The van der Waals surface area contributed by atoms with Crippen molar-refractivity contribution in [3.05, 3.63) is 187 Å². The van der Waals surface area contributed by atoms with Crippen LogP contribution in [-0.4, -0.2) is 149 Å². The number of aliphatic hydroxyl groups is 2. The molecule has 7 heterocycles. The van der Waals surface area contributed by atoms with Gasteiger partial charge in [-0.25, -0.2) is 14.2 Å². The molecule has 1 aliphatic carbocycles. The molecule has 3 aromatic heterocycles. The molecule has 1 amide bonds. The number of nitrogens with two attached hydrogens (primary N) is 1. The van der Waals surface area contributed by atoms with E-state index in [9.17, 15) is 29.7 Å². The van der Waals surface area contributed by atoms with Crippen LogP contribution in [0.3, 0.4) is 0 Å². The van der Waals surface area contributed by atoms with E-state index in [-0.39, 0.29) is 48.6 Å². The predicted octanol–water partition coefficient (Wildman–Crippen LogP) is 6.67. The van der Waals surface area contributed by atoms with E-state index in [0.29, 0.717) is 34.8 Å². The molecular weight excluding hydrogens is 1150 g/mol. The van der Waals surface area contributed by atoms with E-state index < -0.39 is 78.4 Å². The molecule has 3 fully saturated rings. The van der Waals surface area contributed by atoms with Crippen LogP contribution in [0, 0.1) is 11.8 Å². The second-order valence-corrected chi connectivity index (χ2v) is 22.5. The number of esters is 1.